The first-order chi connectivity index (χ1) is 11.2. The van der Waals surface area contributed by atoms with Crippen molar-refractivity contribution < 1.29 is 14.3 Å². The lowest BCUT2D eigenvalue weighted by Crippen LogP contribution is -2.39. The molecule has 3 rings (SSSR count). The van der Waals surface area contributed by atoms with Gasteiger partial charge in [-0.15, -0.1) is 0 Å². The summed E-state index contributed by atoms with van der Waals surface area (Å²) in [5, 5.41) is 9.44. The third kappa shape index (κ3) is 4.25. The summed E-state index contributed by atoms with van der Waals surface area (Å²) in [6, 6.07) is 1.94. The molecule has 126 valence electrons. The van der Waals surface area contributed by atoms with E-state index in [1.165, 1.54) is 0 Å². The van der Waals surface area contributed by atoms with E-state index in [-0.39, 0.29) is 11.9 Å². The summed E-state index contributed by atoms with van der Waals surface area (Å²) in [5.41, 5.74) is 0. The zero-order valence-electron chi connectivity index (χ0n) is 13.4. The standard InChI is InChI=1S/C16H24N4O3/c1-22-13-7-15(20-12-3-5-18-16(21)6-12)19-9-14(13)23-10-11-2-4-17-8-11/h7,9,11-12,17H,2-6,8,10H2,1H3,(H,18,21)(H,19,20)/t11-,12?/m1/s1. The molecule has 23 heavy (non-hydrogen) atoms. The van der Waals surface area contributed by atoms with Crippen LogP contribution >= 0.6 is 0 Å². The molecular formula is C16H24N4O3. The van der Waals surface area contributed by atoms with Crippen LogP contribution < -0.4 is 25.4 Å². The molecule has 0 spiro atoms. The monoisotopic (exact) mass is 320 g/mol. The predicted molar refractivity (Wildman–Crippen MR) is 86.9 cm³/mol. The summed E-state index contributed by atoms with van der Waals surface area (Å²) in [7, 11) is 1.62. The van der Waals surface area contributed by atoms with Crippen LogP contribution in [0.5, 0.6) is 11.5 Å². The van der Waals surface area contributed by atoms with Crippen LogP contribution in [0.25, 0.3) is 0 Å². The largest absolute Gasteiger partial charge is 0.493 e. The highest BCUT2D eigenvalue weighted by Gasteiger charge is 2.20. The van der Waals surface area contributed by atoms with Crippen LogP contribution in [0, 0.1) is 5.92 Å². The topological polar surface area (TPSA) is 84.5 Å². The minimum absolute atomic E-state index is 0.0749. The Kier molecular flexibility index (Phi) is 5.17. The summed E-state index contributed by atoms with van der Waals surface area (Å²) < 4.78 is 11.3. The molecule has 0 saturated carbocycles. The van der Waals surface area contributed by atoms with Crippen LogP contribution in [0.3, 0.4) is 0 Å². The van der Waals surface area contributed by atoms with Gasteiger partial charge in [-0.25, -0.2) is 4.98 Å². The van der Waals surface area contributed by atoms with Gasteiger partial charge >= 0.3 is 0 Å². The van der Waals surface area contributed by atoms with Crippen molar-refractivity contribution in [1.82, 2.24) is 15.6 Å². The second-order valence-corrected chi connectivity index (χ2v) is 6.07. The van der Waals surface area contributed by atoms with Crippen molar-refractivity contribution >= 4 is 11.7 Å². The lowest BCUT2D eigenvalue weighted by molar-refractivity contribution is -0.122. The van der Waals surface area contributed by atoms with E-state index in [0.29, 0.717) is 42.8 Å². The first-order valence-electron chi connectivity index (χ1n) is 8.15. The van der Waals surface area contributed by atoms with Crippen LogP contribution in [0.4, 0.5) is 5.82 Å². The summed E-state index contributed by atoms with van der Waals surface area (Å²) >= 11 is 0. The minimum atomic E-state index is 0.0749. The Balaban J connectivity index is 1.60. The van der Waals surface area contributed by atoms with Gasteiger partial charge in [0, 0.05) is 37.5 Å². The molecule has 1 aromatic rings. The molecule has 2 saturated heterocycles. The number of methoxy groups -OCH3 is 1. The Bertz CT molecular complexity index is 546. The first-order valence-corrected chi connectivity index (χ1v) is 8.15. The van der Waals surface area contributed by atoms with Crippen LogP contribution in [0.2, 0.25) is 0 Å². The number of anilines is 1. The van der Waals surface area contributed by atoms with Gasteiger partial charge in [-0.3, -0.25) is 4.79 Å². The molecule has 2 fully saturated rings. The number of nitrogens with zero attached hydrogens (tertiary/aromatic N) is 1. The first kappa shape index (κ1) is 15.9. The Labute approximate surface area is 136 Å². The second-order valence-electron chi connectivity index (χ2n) is 6.07. The maximum Gasteiger partial charge on any atom is 0.222 e. The molecule has 3 N–H and O–H groups in total. The molecule has 0 aromatic carbocycles. The average Bonchev–Trinajstić information content (AvgIpc) is 3.07. The van der Waals surface area contributed by atoms with E-state index in [1.807, 2.05) is 6.07 Å². The van der Waals surface area contributed by atoms with Gasteiger partial charge in [0.2, 0.25) is 5.91 Å². The number of nitrogens with one attached hydrogen (secondary N) is 3. The van der Waals surface area contributed by atoms with Crippen molar-refractivity contribution in [2.75, 3.05) is 38.7 Å². The number of hydrogen-bond acceptors (Lipinski definition) is 6. The molecule has 1 aromatic heterocycles. The van der Waals surface area contributed by atoms with E-state index >= 15 is 0 Å². The maximum absolute atomic E-state index is 11.4. The predicted octanol–water partition coefficient (Wildman–Crippen LogP) is 0.769. The molecule has 0 bridgehead atoms. The molecule has 7 nitrogen and oxygen atoms in total. The Morgan fingerprint density at radius 1 is 1.35 bits per heavy atom. The highest BCUT2D eigenvalue weighted by Crippen LogP contribution is 2.29. The molecule has 3 heterocycles. The van der Waals surface area contributed by atoms with Crippen molar-refractivity contribution in [2.24, 2.45) is 5.92 Å². The lowest BCUT2D eigenvalue weighted by atomic mass is 10.1. The number of amides is 1. The zero-order valence-corrected chi connectivity index (χ0v) is 13.4. The summed E-state index contributed by atoms with van der Waals surface area (Å²) in [6.07, 6.45) is 4.19. The van der Waals surface area contributed by atoms with E-state index in [1.54, 1.807) is 13.3 Å². The van der Waals surface area contributed by atoms with Gasteiger partial charge in [0.05, 0.1) is 19.9 Å². The normalized spacial score (nSPS) is 24.1. The molecule has 2 atom stereocenters. The summed E-state index contributed by atoms with van der Waals surface area (Å²) in [5.74, 6) is 2.64. The van der Waals surface area contributed by atoms with E-state index in [2.05, 4.69) is 20.9 Å². The van der Waals surface area contributed by atoms with Crippen LogP contribution in [-0.2, 0) is 4.79 Å². The number of ether oxygens (including phenoxy) is 2. The molecule has 2 aliphatic rings. The summed E-state index contributed by atoms with van der Waals surface area (Å²) in [4.78, 5) is 15.8. The van der Waals surface area contributed by atoms with Gasteiger partial charge in [0.25, 0.3) is 0 Å². The highest BCUT2D eigenvalue weighted by molar-refractivity contribution is 5.77. The Morgan fingerprint density at radius 3 is 3.00 bits per heavy atom. The SMILES string of the molecule is COc1cc(NC2CCNC(=O)C2)ncc1OC[C@@H]1CCNC1. The van der Waals surface area contributed by atoms with E-state index in [9.17, 15) is 4.79 Å². The van der Waals surface area contributed by atoms with Gasteiger partial charge < -0.3 is 25.4 Å². The zero-order chi connectivity index (χ0) is 16.1. The van der Waals surface area contributed by atoms with Gasteiger partial charge in [-0.2, -0.15) is 0 Å². The second kappa shape index (κ2) is 7.50. The molecule has 1 amide bonds. The quantitative estimate of drug-likeness (QED) is 0.718. The van der Waals surface area contributed by atoms with Crippen LogP contribution in [0.1, 0.15) is 19.3 Å². The van der Waals surface area contributed by atoms with Crippen molar-refractivity contribution in [3.8, 4) is 11.5 Å². The van der Waals surface area contributed by atoms with Gasteiger partial charge in [-0.1, -0.05) is 0 Å². The highest BCUT2D eigenvalue weighted by atomic mass is 16.5. The van der Waals surface area contributed by atoms with Gasteiger partial charge in [0.15, 0.2) is 11.5 Å². The van der Waals surface area contributed by atoms with E-state index < -0.39 is 0 Å². The number of rotatable bonds is 6. The summed E-state index contributed by atoms with van der Waals surface area (Å²) in [6.45, 7) is 3.42. The van der Waals surface area contributed by atoms with Crippen molar-refractivity contribution in [3.05, 3.63) is 12.3 Å². The van der Waals surface area contributed by atoms with Crippen LogP contribution in [-0.4, -0.2) is 50.3 Å². The number of carbonyl (C=O) groups excluding carboxylic acids is 1. The third-order valence-electron chi connectivity index (χ3n) is 4.29. The number of hydrogen-bond donors (Lipinski definition) is 3. The molecule has 1 unspecified atom stereocenters. The van der Waals surface area contributed by atoms with Crippen molar-refractivity contribution in [2.45, 2.75) is 25.3 Å². The van der Waals surface area contributed by atoms with Crippen molar-refractivity contribution in [1.29, 1.82) is 0 Å². The number of carbonyl (C=O) groups is 1. The molecule has 0 radical (unpaired) electrons. The average molecular weight is 320 g/mol. The van der Waals surface area contributed by atoms with Gasteiger partial charge in [-0.05, 0) is 19.4 Å². The fraction of sp³-hybridized carbons (Fsp3) is 0.625. The molecule has 7 heteroatoms. The number of pyridine rings is 1. The smallest absolute Gasteiger partial charge is 0.222 e. The maximum atomic E-state index is 11.4. The van der Waals surface area contributed by atoms with E-state index in [0.717, 1.165) is 25.9 Å². The Hall–Kier alpha value is -2.02. The fourth-order valence-electron chi connectivity index (χ4n) is 2.95. The number of aromatic nitrogens is 1. The lowest BCUT2D eigenvalue weighted by Gasteiger charge is -2.24. The third-order valence-corrected chi connectivity index (χ3v) is 4.29. The van der Waals surface area contributed by atoms with Crippen LogP contribution in [0.15, 0.2) is 12.3 Å². The van der Waals surface area contributed by atoms with Gasteiger partial charge in [0.1, 0.15) is 5.82 Å². The Morgan fingerprint density at radius 2 is 2.26 bits per heavy atom. The molecule has 2 aliphatic heterocycles. The minimum Gasteiger partial charge on any atom is -0.493 e. The molecule has 0 aliphatic carbocycles. The van der Waals surface area contributed by atoms with E-state index in [4.69, 9.17) is 9.47 Å². The molecular weight excluding hydrogens is 296 g/mol. The van der Waals surface area contributed by atoms with Crippen molar-refractivity contribution in [3.63, 3.8) is 0 Å². The number of piperidine rings is 1. The fourth-order valence-corrected chi connectivity index (χ4v) is 2.95.